The molecule has 2 aromatic carbocycles. The molecule has 0 saturated heterocycles. The van der Waals surface area contributed by atoms with Crippen molar-refractivity contribution in [3.63, 3.8) is 0 Å². The van der Waals surface area contributed by atoms with Crippen LogP contribution in [0.5, 0.6) is 5.75 Å². The first-order valence-corrected chi connectivity index (χ1v) is 9.40. The summed E-state index contributed by atoms with van der Waals surface area (Å²) in [6, 6.07) is 14.3. The van der Waals surface area contributed by atoms with Gasteiger partial charge >= 0.3 is 0 Å². The molecule has 1 amide bonds. The molecule has 1 aliphatic carbocycles. The van der Waals surface area contributed by atoms with Crippen LogP contribution in [-0.4, -0.2) is 13.0 Å². The van der Waals surface area contributed by atoms with Crippen LogP contribution in [0.1, 0.15) is 42.4 Å². The Kier molecular flexibility index (Phi) is 6.29. The summed E-state index contributed by atoms with van der Waals surface area (Å²) in [5.41, 5.74) is 4.38. The second-order valence-corrected chi connectivity index (χ2v) is 7.08. The predicted octanol–water partition coefficient (Wildman–Crippen LogP) is 4.42. The Morgan fingerprint density at radius 2 is 1.81 bits per heavy atom. The van der Waals surface area contributed by atoms with Crippen LogP contribution in [0.15, 0.2) is 42.5 Å². The Balaban J connectivity index is 1.53. The van der Waals surface area contributed by atoms with E-state index < -0.39 is 0 Å². The molecule has 0 aromatic heterocycles. The van der Waals surface area contributed by atoms with Gasteiger partial charge in [0.1, 0.15) is 5.75 Å². The number of anilines is 1. The zero-order valence-electron chi connectivity index (χ0n) is 15.7. The smallest absolute Gasteiger partial charge is 0.227 e. The Hall–Kier alpha value is -2.33. The van der Waals surface area contributed by atoms with E-state index in [1.165, 1.54) is 18.4 Å². The summed E-state index contributed by atoms with van der Waals surface area (Å²) in [6.07, 6.45) is 4.39. The lowest BCUT2D eigenvalue weighted by molar-refractivity contribution is -0.119. The molecule has 0 atom stereocenters. The lowest BCUT2D eigenvalue weighted by atomic mass is 10.1. The van der Waals surface area contributed by atoms with Crippen LogP contribution in [0.3, 0.4) is 0 Å². The van der Waals surface area contributed by atoms with Gasteiger partial charge < -0.3 is 15.4 Å². The third-order valence-corrected chi connectivity index (χ3v) is 5.05. The third-order valence-electron chi connectivity index (χ3n) is 5.05. The number of carbonyl (C=O) groups is 1. The summed E-state index contributed by atoms with van der Waals surface area (Å²) >= 11 is 0. The standard InChI is InChI=1S/C22H28N2O2/c1-16-10-11-18(13-21(16)26-2)15-23-14-17-6-5-9-20(12-17)24-22(25)19-7-3-4-8-19/h5-6,9-13,19,23H,3-4,7-8,14-15H2,1-2H3,(H,24,25). The highest BCUT2D eigenvalue weighted by molar-refractivity contribution is 5.92. The fourth-order valence-electron chi connectivity index (χ4n) is 3.52. The van der Waals surface area contributed by atoms with Crippen LogP contribution < -0.4 is 15.4 Å². The molecule has 3 rings (SSSR count). The quantitative estimate of drug-likeness (QED) is 0.775. The van der Waals surface area contributed by atoms with Crippen molar-refractivity contribution in [1.29, 1.82) is 0 Å². The average molecular weight is 352 g/mol. The normalized spacial score (nSPS) is 14.4. The number of methoxy groups -OCH3 is 1. The van der Waals surface area contributed by atoms with Crippen LogP contribution in [-0.2, 0) is 17.9 Å². The molecule has 138 valence electrons. The second-order valence-electron chi connectivity index (χ2n) is 7.08. The highest BCUT2D eigenvalue weighted by atomic mass is 16.5. The zero-order valence-corrected chi connectivity index (χ0v) is 15.7. The molecular weight excluding hydrogens is 324 g/mol. The van der Waals surface area contributed by atoms with E-state index >= 15 is 0 Å². The summed E-state index contributed by atoms with van der Waals surface area (Å²) in [4.78, 5) is 12.3. The Bertz CT molecular complexity index is 752. The molecule has 0 bridgehead atoms. The Morgan fingerprint density at radius 3 is 2.54 bits per heavy atom. The van der Waals surface area contributed by atoms with E-state index in [0.717, 1.165) is 48.5 Å². The van der Waals surface area contributed by atoms with E-state index in [-0.39, 0.29) is 11.8 Å². The molecule has 0 heterocycles. The van der Waals surface area contributed by atoms with Crippen LogP contribution in [0.25, 0.3) is 0 Å². The Labute approximate surface area is 156 Å². The highest BCUT2D eigenvalue weighted by Gasteiger charge is 2.22. The van der Waals surface area contributed by atoms with Gasteiger partial charge in [-0.05, 0) is 54.7 Å². The molecule has 26 heavy (non-hydrogen) atoms. The number of rotatable bonds is 7. The molecule has 1 saturated carbocycles. The topological polar surface area (TPSA) is 50.4 Å². The predicted molar refractivity (Wildman–Crippen MR) is 105 cm³/mol. The molecule has 4 heteroatoms. The van der Waals surface area contributed by atoms with Gasteiger partial charge in [0, 0.05) is 24.7 Å². The number of aryl methyl sites for hydroxylation is 1. The third kappa shape index (κ3) is 4.85. The average Bonchev–Trinajstić information content (AvgIpc) is 3.18. The molecule has 2 N–H and O–H groups in total. The van der Waals surface area contributed by atoms with Crippen molar-refractivity contribution < 1.29 is 9.53 Å². The van der Waals surface area contributed by atoms with Gasteiger partial charge in [-0.2, -0.15) is 0 Å². The number of benzene rings is 2. The van der Waals surface area contributed by atoms with Gasteiger partial charge in [0.2, 0.25) is 5.91 Å². The van der Waals surface area contributed by atoms with E-state index in [9.17, 15) is 4.79 Å². The maximum absolute atomic E-state index is 12.3. The van der Waals surface area contributed by atoms with Gasteiger partial charge in [-0.15, -0.1) is 0 Å². The summed E-state index contributed by atoms with van der Waals surface area (Å²) in [6.45, 7) is 3.57. The van der Waals surface area contributed by atoms with Gasteiger partial charge in [0.15, 0.2) is 0 Å². The number of hydrogen-bond acceptors (Lipinski definition) is 3. The van der Waals surface area contributed by atoms with Gasteiger partial charge in [-0.25, -0.2) is 0 Å². The summed E-state index contributed by atoms with van der Waals surface area (Å²) in [5, 5.41) is 6.53. The van der Waals surface area contributed by atoms with E-state index in [4.69, 9.17) is 4.74 Å². The van der Waals surface area contributed by atoms with Crippen LogP contribution >= 0.6 is 0 Å². The number of amides is 1. The molecule has 0 aliphatic heterocycles. The van der Waals surface area contributed by atoms with Crippen molar-refractivity contribution in [1.82, 2.24) is 5.32 Å². The van der Waals surface area contributed by atoms with Crippen molar-refractivity contribution in [3.05, 3.63) is 59.2 Å². The summed E-state index contributed by atoms with van der Waals surface area (Å²) < 4.78 is 5.38. The minimum atomic E-state index is 0.166. The maximum atomic E-state index is 12.3. The van der Waals surface area contributed by atoms with Crippen LogP contribution in [0, 0.1) is 12.8 Å². The SMILES string of the molecule is COc1cc(CNCc2cccc(NC(=O)C3CCCC3)c2)ccc1C. The lowest BCUT2D eigenvalue weighted by Crippen LogP contribution is -2.20. The van der Waals surface area contributed by atoms with Crippen molar-refractivity contribution in [2.75, 3.05) is 12.4 Å². The van der Waals surface area contributed by atoms with Crippen LogP contribution in [0.4, 0.5) is 5.69 Å². The van der Waals surface area contributed by atoms with E-state index in [0.29, 0.717) is 0 Å². The van der Waals surface area contributed by atoms with Crippen molar-refractivity contribution in [2.45, 2.75) is 45.7 Å². The summed E-state index contributed by atoms with van der Waals surface area (Å²) in [5.74, 6) is 1.27. The molecular formula is C22H28N2O2. The zero-order chi connectivity index (χ0) is 18.4. The number of hydrogen-bond donors (Lipinski definition) is 2. The van der Waals surface area contributed by atoms with E-state index in [2.05, 4.69) is 41.0 Å². The molecule has 0 unspecified atom stereocenters. The largest absolute Gasteiger partial charge is 0.496 e. The first kappa shape index (κ1) is 18.5. The molecule has 2 aromatic rings. The minimum Gasteiger partial charge on any atom is -0.496 e. The molecule has 1 fully saturated rings. The minimum absolute atomic E-state index is 0.166. The molecule has 1 aliphatic rings. The van der Waals surface area contributed by atoms with E-state index in [1.54, 1.807) is 7.11 Å². The lowest BCUT2D eigenvalue weighted by Gasteiger charge is -2.12. The molecule has 0 spiro atoms. The maximum Gasteiger partial charge on any atom is 0.227 e. The monoisotopic (exact) mass is 352 g/mol. The number of nitrogens with one attached hydrogen (secondary N) is 2. The fourth-order valence-corrected chi connectivity index (χ4v) is 3.52. The number of ether oxygens (including phenoxy) is 1. The first-order valence-electron chi connectivity index (χ1n) is 9.40. The second kappa shape index (κ2) is 8.86. The van der Waals surface area contributed by atoms with Crippen LogP contribution in [0.2, 0.25) is 0 Å². The van der Waals surface area contributed by atoms with Gasteiger partial charge in [-0.1, -0.05) is 37.1 Å². The van der Waals surface area contributed by atoms with Crippen molar-refractivity contribution in [3.8, 4) is 5.75 Å². The highest BCUT2D eigenvalue weighted by Crippen LogP contribution is 2.26. The van der Waals surface area contributed by atoms with Gasteiger partial charge in [0.05, 0.1) is 7.11 Å². The van der Waals surface area contributed by atoms with Gasteiger partial charge in [0.25, 0.3) is 0 Å². The fraction of sp³-hybridized carbons (Fsp3) is 0.409. The first-order chi connectivity index (χ1) is 12.7. The van der Waals surface area contributed by atoms with Gasteiger partial charge in [-0.3, -0.25) is 4.79 Å². The Morgan fingerprint density at radius 1 is 1.08 bits per heavy atom. The van der Waals surface area contributed by atoms with Crippen molar-refractivity contribution >= 4 is 11.6 Å². The summed E-state index contributed by atoms with van der Waals surface area (Å²) in [7, 11) is 1.70. The number of carbonyl (C=O) groups excluding carboxylic acids is 1. The van der Waals surface area contributed by atoms with Crippen molar-refractivity contribution in [2.24, 2.45) is 5.92 Å². The molecule has 4 nitrogen and oxygen atoms in total. The van der Waals surface area contributed by atoms with E-state index in [1.807, 2.05) is 19.1 Å². The molecule has 0 radical (unpaired) electrons.